The zero-order valence-corrected chi connectivity index (χ0v) is 11.4. The van der Waals surface area contributed by atoms with Gasteiger partial charge in [-0.2, -0.15) is 5.10 Å². The van der Waals surface area contributed by atoms with Crippen LogP contribution in [-0.2, 0) is 24.8 Å². The molecule has 0 aliphatic heterocycles. The van der Waals surface area contributed by atoms with Crippen molar-refractivity contribution in [1.82, 2.24) is 19.3 Å². The third kappa shape index (κ3) is 2.47. The number of para-hydroxylation sites is 2. The van der Waals surface area contributed by atoms with Gasteiger partial charge in [-0.05, 0) is 24.6 Å². The summed E-state index contributed by atoms with van der Waals surface area (Å²) in [6, 6.07) is 9.78. The van der Waals surface area contributed by atoms with Crippen molar-refractivity contribution in [2.24, 2.45) is 7.05 Å². The number of aryl methyl sites for hydroxylation is 2. The van der Waals surface area contributed by atoms with Gasteiger partial charge in [0.1, 0.15) is 0 Å². The highest BCUT2D eigenvalue weighted by atomic mass is 16.1. The Bertz CT molecular complexity index is 741. The summed E-state index contributed by atoms with van der Waals surface area (Å²) in [7, 11) is 1.89. The van der Waals surface area contributed by atoms with Gasteiger partial charge in [-0.1, -0.05) is 12.1 Å². The lowest BCUT2D eigenvalue weighted by molar-refractivity contribution is -0.119. The number of nitrogens with zero attached hydrogens (tertiary/aromatic N) is 4. The van der Waals surface area contributed by atoms with Crippen molar-refractivity contribution in [1.29, 1.82) is 0 Å². The predicted molar refractivity (Wildman–Crippen MR) is 76.3 cm³/mol. The Kier molecular flexibility index (Phi) is 3.33. The molecule has 0 spiro atoms. The van der Waals surface area contributed by atoms with E-state index in [0.29, 0.717) is 13.0 Å². The molecule has 0 bridgehead atoms. The molecule has 0 saturated carbocycles. The number of hydrogen-bond acceptors (Lipinski definition) is 3. The summed E-state index contributed by atoms with van der Waals surface area (Å²) >= 11 is 0. The summed E-state index contributed by atoms with van der Waals surface area (Å²) in [6.45, 7) is 0.373. The van der Waals surface area contributed by atoms with Gasteiger partial charge in [0.25, 0.3) is 0 Å². The van der Waals surface area contributed by atoms with Gasteiger partial charge in [0.2, 0.25) is 0 Å². The molecule has 0 unspecified atom stereocenters. The Morgan fingerprint density at radius 3 is 2.90 bits per heavy atom. The summed E-state index contributed by atoms with van der Waals surface area (Å²) in [4.78, 5) is 16.4. The van der Waals surface area contributed by atoms with E-state index in [4.69, 9.17) is 0 Å². The van der Waals surface area contributed by atoms with Crippen molar-refractivity contribution in [2.45, 2.75) is 19.4 Å². The first-order valence-corrected chi connectivity index (χ1v) is 6.62. The zero-order valence-electron chi connectivity index (χ0n) is 11.4. The highest BCUT2D eigenvalue weighted by molar-refractivity contribution is 5.81. The number of imidazole rings is 1. The lowest BCUT2D eigenvalue weighted by atomic mass is 10.1. The van der Waals surface area contributed by atoms with E-state index in [1.807, 2.05) is 41.9 Å². The summed E-state index contributed by atoms with van der Waals surface area (Å²) in [5, 5.41) is 4.10. The summed E-state index contributed by atoms with van der Waals surface area (Å²) < 4.78 is 3.71. The number of carbonyl (C=O) groups excluding carboxylic acids is 1. The largest absolute Gasteiger partial charge is 0.323 e. The van der Waals surface area contributed by atoms with Crippen LogP contribution in [0.3, 0.4) is 0 Å². The number of hydrogen-bond donors (Lipinski definition) is 0. The van der Waals surface area contributed by atoms with Crippen molar-refractivity contribution < 1.29 is 4.79 Å². The van der Waals surface area contributed by atoms with E-state index in [0.717, 1.165) is 23.1 Å². The van der Waals surface area contributed by atoms with Crippen molar-refractivity contribution >= 4 is 16.8 Å². The average molecular weight is 268 g/mol. The van der Waals surface area contributed by atoms with Crippen molar-refractivity contribution in [3.05, 3.63) is 48.5 Å². The van der Waals surface area contributed by atoms with Crippen LogP contribution in [0.25, 0.3) is 11.0 Å². The van der Waals surface area contributed by atoms with Crippen LogP contribution in [0.2, 0.25) is 0 Å². The molecule has 0 aliphatic rings. The number of fused-ring (bicyclic) bond motifs is 1. The number of aromatic nitrogens is 4. The van der Waals surface area contributed by atoms with E-state index in [1.165, 1.54) is 0 Å². The minimum atomic E-state index is 0.203. The molecule has 2 heterocycles. The SMILES string of the molecule is Cn1nccc1CCC(=O)Cn1cnc2ccccc21. The monoisotopic (exact) mass is 268 g/mol. The van der Waals surface area contributed by atoms with Crippen molar-refractivity contribution in [3.63, 3.8) is 0 Å². The summed E-state index contributed by atoms with van der Waals surface area (Å²) in [5.41, 5.74) is 3.00. The lowest BCUT2D eigenvalue weighted by Gasteiger charge is -2.04. The van der Waals surface area contributed by atoms with Gasteiger partial charge in [0, 0.05) is 25.4 Å². The Balaban J connectivity index is 1.66. The summed E-state index contributed by atoms with van der Waals surface area (Å²) in [5.74, 6) is 0.203. The molecule has 0 radical (unpaired) electrons. The molecule has 102 valence electrons. The fraction of sp³-hybridized carbons (Fsp3) is 0.267. The average Bonchev–Trinajstić information content (AvgIpc) is 3.04. The maximum Gasteiger partial charge on any atom is 0.152 e. The zero-order chi connectivity index (χ0) is 13.9. The third-order valence-electron chi connectivity index (χ3n) is 3.46. The number of benzene rings is 1. The van der Waals surface area contributed by atoms with Gasteiger partial charge >= 0.3 is 0 Å². The molecular weight excluding hydrogens is 252 g/mol. The van der Waals surface area contributed by atoms with Gasteiger partial charge < -0.3 is 4.57 Å². The Hall–Kier alpha value is -2.43. The second-order valence-corrected chi connectivity index (χ2v) is 4.85. The van der Waals surface area contributed by atoms with E-state index < -0.39 is 0 Å². The second-order valence-electron chi connectivity index (χ2n) is 4.85. The predicted octanol–water partition coefficient (Wildman–Crippen LogP) is 1.97. The van der Waals surface area contributed by atoms with Crippen LogP contribution in [0, 0.1) is 0 Å². The fourth-order valence-corrected chi connectivity index (χ4v) is 2.32. The van der Waals surface area contributed by atoms with Crippen LogP contribution in [0.15, 0.2) is 42.9 Å². The molecular formula is C15H16N4O. The minimum absolute atomic E-state index is 0.203. The maximum atomic E-state index is 12.1. The molecule has 3 aromatic rings. The molecule has 0 aliphatic carbocycles. The number of Topliss-reactive ketones (excluding diaryl/α,β-unsaturated/α-hetero) is 1. The van der Waals surface area contributed by atoms with Crippen molar-refractivity contribution in [3.8, 4) is 0 Å². The molecule has 5 nitrogen and oxygen atoms in total. The topological polar surface area (TPSA) is 52.7 Å². The molecule has 3 rings (SSSR count). The van der Waals surface area contributed by atoms with Gasteiger partial charge in [-0.25, -0.2) is 4.98 Å². The maximum absolute atomic E-state index is 12.1. The number of ketones is 1. The van der Waals surface area contributed by atoms with E-state index in [9.17, 15) is 4.79 Å². The standard InChI is InChI=1S/C15H16N4O/c1-18-12(8-9-17-18)6-7-13(20)10-19-11-16-14-4-2-3-5-15(14)19/h2-5,8-9,11H,6-7,10H2,1H3. The smallest absolute Gasteiger partial charge is 0.152 e. The molecule has 5 heteroatoms. The summed E-state index contributed by atoms with van der Waals surface area (Å²) in [6.07, 6.45) is 4.73. The van der Waals surface area contributed by atoms with E-state index in [1.54, 1.807) is 17.2 Å². The van der Waals surface area contributed by atoms with E-state index >= 15 is 0 Å². The van der Waals surface area contributed by atoms with Gasteiger partial charge in [0.05, 0.1) is 23.9 Å². The Morgan fingerprint density at radius 1 is 1.25 bits per heavy atom. The number of rotatable bonds is 5. The first-order chi connectivity index (χ1) is 9.74. The van der Waals surface area contributed by atoms with E-state index in [-0.39, 0.29) is 5.78 Å². The van der Waals surface area contributed by atoms with Crippen LogP contribution in [-0.4, -0.2) is 25.1 Å². The Labute approximate surface area is 116 Å². The van der Waals surface area contributed by atoms with Gasteiger partial charge in [-0.15, -0.1) is 0 Å². The normalized spacial score (nSPS) is 11.1. The molecule has 0 amide bonds. The quantitative estimate of drug-likeness (QED) is 0.711. The van der Waals surface area contributed by atoms with Gasteiger partial charge in [-0.3, -0.25) is 9.48 Å². The molecule has 1 aromatic carbocycles. The Morgan fingerprint density at radius 2 is 2.10 bits per heavy atom. The highest BCUT2D eigenvalue weighted by Gasteiger charge is 2.08. The molecule has 20 heavy (non-hydrogen) atoms. The lowest BCUT2D eigenvalue weighted by Crippen LogP contribution is -2.11. The van der Waals surface area contributed by atoms with Crippen LogP contribution < -0.4 is 0 Å². The van der Waals surface area contributed by atoms with Gasteiger partial charge in [0.15, 0.2) is 5.78 Å². The fourth-order valence-electron chi connectivity index (χ4n) is 2.32. The molecule has 0 N–H and O–H groups in total. The second kappa shape index (κ2) is 5.28. The van der Waals surface area contributed by atoms with Crippen LogP contribution in [0.5, 0.6) is 0 Å². The molecule has 0 fully saturated rings. The molecule has 2 aromatic heterocycles. The first-order valence-electron chi connectivity index (χ1n) is 6.62. The molecule has 0 atom stereocenters. The first kappa shape index (κ1) is 12.6. The number of carbonyl (C=O) groups is 1. The van der Waals surface area contributed by atoms with Crippen molar-refractivity contribution in [2.75, 3.05) is 0 Å². The molecule has 0 saturated heterocycles. The van der Waals surface area contributed by atoms with Crippen LogP contribution in [0.4, 0.5) is 0 Å². The minimum Gasteiger partial charge on any atom is -0.323 e. The third-order valence-corrected chi connectivity index (χ3v) is 3.46. The van der Waals surface area contributed by atoms with Crippen LogP contribution in [0.1, 0.15) is 12.1 Å². The van der Waals surface area contributed by atoms with Crippen LogP contribution >= 0.6 is 0 Å². The highest BCUT2D eigenvalue weighted by Crippen LogP contribution is 2.12. The van der Waals surface area contributed by atoms with E-state index in [2.05, 4.69) is 10.1 Å².